The van der Waals surface area contributed by atoms with E-state index in [1.165, 1.54) is 5.56 Å². The third kappa shape index (κ3) is 9.60. The number of rotatable bonds is 11. The van der Waals surface area contributed by atoms with E-state index in [1.54, 1.807) is 11.3 Å². The Balaban J connectivity index is 0.00000240. The van der Waals surface area contributed by atoms with E-state index >= 15 is 0 Å². The second-order valence-electron chi connectivity index (χ2n) is 8.25. The molecular formula is C24H36Cl2N2O2S. The largest absolute Gasteiger partial charge is 0.372 e. The fourth-order valence-electron chi connectivity index (χ4n) is 3.62. The van der Waals surface area contributed by atoms with E-state index < -0.39 is 0 Å². The van der Waals surface area contributed by atoms with Crippen LogP contribution in [0.1, 0.15) is 48.0 Å². The van der Waals surface area contributed by atoms with Crippen molar-refractivity contribution in [2.75, 3.05) is 45.9 Å². The summed E-state index contributed by atoms with van der Waals surface area (Å²) in [5.74, 6) is 0.928. The molecule has 1 aliphatic heterocycles. The van der Waals surface area contributed by atoms with E-state index in [4.69, 9.17) is 4.74 Å². The molecule has 1 aromatic heterocycles. The van der Waals surface area contributed by atoms with E-state index in [9.17, 15) is 4.79 Å². The predicted molar refractivity (Wildman–Crippen MR) is 135 cm³/mol. The van der Waals surface area contributed by atoms with Crippen LogP contribution in [0.2, 0.25) is 0 Å². The average molecular weight is 488 g/mol. The lowest BCUT2D eigenvalue weighted by molar-refractivity contribution is 0.00799. The summed E-state index contributed by atoms with van der Waals surface area (Å²) in [5, 5.41) is 1.97. The molecule has 2 aromatic rings. The van der Waals surface area contributed by atoms with Crippen LogP contribution in [0.5, 0.6) is 0 Å². The molecule has 1 saturated heterocycles. The molecule has 0 N–H and O–H groups in total. The van der Waals surface area contributed by atoms with Crippen molar-refractivity contribution < 1.29 is 9.53 Å². The van der Waals surface area contributed by atoms with Crippen molar-refractivity contribution in [3.63, 3.8) is 0 Å². The molecule has 7 heteroatoms. The molecule has 0 aliphatic carbocycles. The topological polar surface area (TPSA) is 32.8 Å². The molecule has 174 valence electrons. The summed E-state index contributed by atoms with van der Waals surface area (Å²) in [6.07, 6.45) is 1.84. The van der Waals surface area contributed by atoms with Gasteiger partial charge in [-0.3, -0.25) is 9.69 Å². The number of hydrogen-bond donors (Lipinski definition) is 0. The Bertz CT molecular complexity index is 720. The van der Waals surface area contributed by atoms with Crippen LogP contribution in [-0.2, 0) is 4.74 Å². The van der Waals surface area contributed by atoms with Gasteiger partial charge in [-0.25, -0.2) is 0 Å². The molecule has 1 unspecified atom stereocenters. The fraction of sp³-hybridized carbons (Fsp3) is 0.542. The normalized spacial score (nSPS) is 15.8. The van der Waals surface area contributed by atoms with Gasteiger partial charge < -0.3 is 9.64 Å². The second-order valence-corrected chi connectivity index (χ2v) is 9.19. The van der Waals surface area contributed by atoms with Crippen LogP contribution in [0.15, 0.2) is 47.8 Å². The number of benzene rings is 1. The molecule has 0 radical (unpaired) electrons. The van der Waals surface area contributed by atoms with Gasteiger partial charge in [0.25, 0.3) is 0 Å². The summed E-state index contributed by atoms with van der Waals surface area (Å²) in [6.45, 7) is 11.2. The zero-order valence-electron chi connectivity index (χ0n) is 18.6. The lowest BCUT2D eigenvalue weighted by Crippen LogP contribution is -2.48. The number of hydrogen-bond acceptors (Lipinski definition) is 5. The van der Waals surface area contributed by atoms with Gasteiger partial charge in [0, 0.05) is 52.3 Å². The molecule has 0 amide bonds. The highest BCUT2D eigenvalue weighted by molar-refractivity contribution is 7.12. The molecule has 1 atom stereocenters. The number of ketones is 1. The molecule has 3 rings (SSSR count). The Morgan fingerprint density at radius 1 is 1.00 bits per heavy atom. The van der Waals surface area contributed by atoms with E-state index in [2.05, 4.69) is 54.0 Å². The van der Waals surface area contributed by atoms with Crippen molar-refractivity contribution >= 4 is 41.9 Å². The van der Waals surface area contributed by atoms with E-state index in [0.29, 0.717) is 12.3 Å². The number of carbonyl (C=O) groups excluding carboxylic acids is 1. The Morgan fingerprint density at radius 3 is 2.29 bits per heavy atom. The summed E-state index contributed by atoms with van der Waals surface area (Å²) in [6, 6.07) is 14.5. The van der Waals surface area contributed by atoms with E-state index in [1.807, 2.05) is 17.5 Å². The molecule has 0 spiro atoms. The van der Waals surface area contributed by atoms with Crippen LogP contribution >= 0.6 is 36.2 Å². The summed E-state index contributed by atoms with van der Waals surface area (Å²) < 4.78 is 6.29. The number of piperazine rings is 1. The van der Waals surface area contributed by atoms with Gasteiger partial charge in [-0.1, -0.05) is 50.2 Å². The fourth-order valence-corrected chi connectivity index (χ4v) is 4.31. The van der Waals surface area contributed by atoms with Crippen LogP contribution in [0, 0.1) is 5.92 Å². The standard InChI is InChI=1S/C24H34N2O2S.2ClH/c1-20(2)11-17-28-23(21-7-4-3-5-8-21)19-26-15-13-25(14-16-26)12-10-22(27)24-9-6-18-29-24;;/h3-9,18,20,23H,10-17,19H2,1-2H3;2*1H. The van der Waals surface area contributed by atoms with Gasteiger partial charge in [-0.15, -0.1) is 36.2 Å². The van der Waals surface area contributed by atoms with Crippen LogP contribution in [-0.4, -0.2) is 61.5 Å². The lowest BCUT2D eigenvalue weighted by Gasteiger charge is -2.36. The third-order valence-corrected chi connectivity index (χ3v) is 6.44. The van der Waals surface area contributed by atoms with Crippen molar-refractivity contribution in [3.8, 4) is 0 Å². The van der Waals surface area contributed by atoms with Gasteiger partial charge >= 0.3 is 0 Å². The Kier molecular flexibility index (Phi) is 13.6. The van der Waals surface area contributed by atoms with Gasteiger partial charge in [-0.2, -0.15) is 0 Å². The smallest absolute Gasteiger partial charge is 0.174 e. The van der Waals surface area contributed by atoms with Crippen LogP contribution in [0.3, 0.4) is 0 Å². The molecule has 1 aromatic carbocycles. The van der Waals surface area contributed by atoms with Crippen LogP contribution in [0.25, 0.3) is 0 Å². The first-order valence-corrected chi connectivity index (χ1v) is 11.7. The zero-order chi connectivity index (χ0) is 20.5. The van der Waals surface area contributed by atoms with Gasteiger partial charge in [0.1, 0.15) is 0 Å². The van der Waals surface area contributed by atoms with Crippen molar-refractivity contribution in [2.45, 2.75) is 32.8 Å². The maximum atomic E-state index is 12.2. The molecular weight excluding hydrogens is 451 g/mol. The zero-order valence-corrected chi connectivity index (χ0v) is 21.0. The van der Waals surface area contributed by atoms with E-state index in [0.717, 1.165) is 57.2 Å². The van der Waals surface area contributed by atoms with E-state index in [-0.39, 0.29) is 36.7 Å². The highest BCUT2D eigenvalue weighted by atomic mass is 35.5. The SMILES string of the molecule is CC(C)CCOC(CN1CCN(CCC(=O)c2cccs2)CC1)c1ccccc1.Cl.Cl. The lowest BCUT2D eigenvalue weighted by atomic mass is 10.1. The van der Waals surface area contributed by atoms with Crippen molar-refractivity contribution in [1.82, 2.24) is 9.80 Å². The number of thiophene rings is 1. The third-order valence-electron chi connectivity index (χ3n) is 5.53. The quantitative estimate of drug-likeness (QED) is 0.387. The van der Waals surface area contributed by atoms with Crippen molar-refractivity contribution in [1.29, 1.82) is 0 Å². The van der Waals surface area contributed by atoms with Gasteiger partial charge in [-0.05, 0) is 29.3 Å². The highest BCUT2D eigenvalue weighted by Crippen LogP contribution is 2.21. The Morgan fingerprint density at radius 2 is 1.68 bits per heavy atom. The number of ether oxygens (including phenoxy) is 1. The Hall–Kier alpha value is -0.950. The predicted octanol–water partition coefficient (Wildman–Crippen LogP) is 5.59. The Labute approximate surface area is 203 Å². The maximum absolute atomic E-state index is 12.2. The molecule has 2 heterocycles. The minimum Gasteiger partial charge on any atom is -0.372 e. The molecule has 1 fully saturated rings. The van der Waals surface area contributed by atoms with Gasteiger partial charge in [0.05, 0.1) is 11.0 Å². The molecule has 1 aliphatic rings. The molecule has 0 saturated carbocycles. The van der Waals surface area contributed by atoms with Gasteiger partial charge in [0.15, 0.2) is 5.78 Å². The summed E-state index contributed by atoms with van der Waals surface area (Å²) >= 11 is 1.54. The minimum absolute atomic E-state index is 0. The van der Waals surface area contributed by atoms with Crippen molar-refractivity contribution in [2.24, 2.45) is 5.92 Å². The average Bonchev–Trinajstić information content (AvgIpc) is 3.28. The first-order chi connectivity index (χ1) is 14.1. The first-order valence-electron chi connectivity index (χ1n) is 10.8. The van der Waals surface area contributed by atoms with Crippen LogP contribution < -0.4 is 0 Å². The van der Waals surface area contributed by atoms with Crippen molar-refractivity contribution in [3.05, 3.63) is 58.3 Å². The summed E-state index contributed by atoms with van der Waals surface area (Å²) in [5.41, 5.74) is 1.26. The number of Topliss-reactive ketones (excluding diaryl/α,β-unsaturated/α-hetero) is 1. The molecule has 4 nitrogen and oxygen atoms in total. The van der Waals surface area contributed by atoms with Gasteiger partial charge in [0.2, 0.25) is 0 Å². The molecule has 0 bridgehead atoms. The number of halogens is 2. The highest BCUT2D eigenvalue weighted by Gasteiger charge is 2.22. The minimum atomic E-state index is 0. The second kappa shape index (κ2) is 15.0. The monoisotopic (exact) mass is 486 g/mol. The first kappa shape index (κ1) is 28.1. The summed E-state index contributed by atoms with van der Waals surface area (Å²) in [7, 11) is 0. The number of nitrogens with zero attached hydrogens (tertiary/aromatic N) is 2. The number of carbonyl (C=O) groups is 1. The van der Waals surface area contributed by atoms with Crippen LogP contribution in [0.4, 0.5) is 0 Å². The summed E-state index contributed by atoms with van der Waals surface area (Å²) in [4.78, 5) is 18.0. The maximum Gasteiger partial charge on any atom is 0.174 e. The molecule has 31 heavy (non-hydrogen) atoms.